The molecule has 1 N–H and O–H groups in total. The first-order chi connectivity index (χ1) is 10.9. The first-order valence-electron chi connectivity index (χ1n) is 6.42. The molecule has 0 aliphatic heterocycles. The number of amides is 1. The number of aryl methyl sites for hydroxylation is 1. The van der Waals surface area contributed by atoms with Gasteiger partial charge in [0, 0.05) is 10.7 Å². The maximum Gasteiger partial charge on any atom is 0.359 e. The quantitative estimate of drug-likeness (QED) is 0.646. The van der Waals surface area contributed by atoms with Crippen molar-refractivity contribution in [1.82, 2.24) is 4.98 Å². The fourth-order valence-electron chi connectivity index (χ4n) is 1.71. The van der Waals surface area contributed by atoms with E-state index in [0.717, 1.165) is 5.56 Å². The van der Waals surface area contributed by atoms with Crippen LogP contribution in [0.2, 0.25) is 15.2 Å². The van der Waals surface area contributed by atoms with Crippen molar-refractivity contribution in [3.63, 3.8) is 0 Å². The number of pyridine rings is 1. The van der Waals surface area contributed by atoms with Crippen molar-refractivity contribution in [2.24, 2.45) is 0 Å². The van der Waals surface area contributed by atoms with Crippen LogP contribution < -0.4 is 5.32 Å². The van der Waals surface area contributed by atoms with Crippen LogP contribution in [-0.4, -0.2) is 23.5 Å². The van der Waals surface area contributed by atoms with Gasteiger partial charge >= 0.3 is 5.97 Å². The molecule has 0 aliphatic rings. The Hall–Kier alpha value is -1.82. The molecule has 0 saturated carbocycles. The lowest BCUT2D eigenvalue weighted by molar-refractivity contribution is -0.119. The third kappa shape index (κ3) is 4.82. The fourth-order valence-corrected chi connectivity index (χ4v) is 2.27. The molecule has 1 amide bonds. The molecule has 0 radical (unpaired) electrons. The van der Waals surface area contributed by atoms with Gasteiger partial charge in [-0.1, -0.05) is 34.8 Å². The molecular weight excluding hydrogens is 363 g/mol. The van der Waals surface area contributed by atoms with Gasteiger partial charge in [0.2, 0.25) is 0 Å². The number of benzene rings is 1. The first kappa shape index (κ1) is 17.5. The van der Waals surface area contributed by atoms with Crippen LogP contribution in [0, 0.1) is 6.92 Å². The number of halogens is 3. The summed E-state index contributed by atoms with van der Waals surface area (Å²) in [6, 6.07) is 7.87. The summed E-state index contributed by atoms with van der Waals surface area (Å²) in [5.74, 6) is -1.33. The van der Waals surface area contributed by atoms with Gasteiger partial charge in [-0.25, -0.2) is 9.78 Å². The first-order valence-corrected chi connectivity index (χ1v) is 7.55. The predicted octanol–water partition coefficient (Wildman–Crippen LogP) is 4.15. The SMILES string of the molecule is Cc1cc(Cl)ccc1NC(=O)COC(=O)c1nc(Cl)ccc1Cl. The summed E-state index contributed by atoms with van der Waals surface area (Å²) in [4.78, 5) is 27.5. The number of aromatic nitrogens is 1. The number of rotatable bonds is 4. The van der Waals surface area contributed by atoms with Gasteiger partial charge in [-0.3, -0.25) is 4.79 Å². The lowest BCUT2D eigenvalue weighted by Gasteiger charge is -2.09. The number of anilines is 1. The van der Waals surface area contributed by atoms with Gasteiger partial charge in [0.05, 0.1) is 5.02 Å². The van der Waals surface area contributed by atoms with E-state index in [4.69, 9.17) is 39.5 Å². The number of hydrogen-bond acceptors (Lipinski definition) is 4. The minimum Gasteiger partial charge on any atom is -0.451 e. The second-order valence-corrected chi connectivity index (χ2v) is 5.78. The minimum absolute atomic E-state index is 0.0911. The zero-order valence-corrected chi connectivity index (χ0v) is 14.2. The molecule has 0 aliphatic carbocycles. The van der Waals surface area contributed by atoms with E-state index in [1.807, 2.05) is 0 Å². The molecule has 0 spiro atoms. The van der Waals surface area contributed by atoms with Crippen LogP contribution in [0.1, 0.15) is 16.1 Å². The van der Waals surface area contributed by atoms with Crippen LogP contribution in [0.5, 0.6) is 0 Å². The molecule has 8 heteroatoms. The maximum atomic E-state index is 11.9. The molecule has 5 nitrogen and oxygen atoms in total. The molecule has 0 unspecified atom stereocenters. The van der Waals surface area contributed by atoms with Gasteiger partial charge in [0.25, 0.3) is 5.91 Å². The summed E-state index contributed by atoms with van der Waals surface area (Å²) in [5.41, 5.74) is 1.22. The van der Waals surface area contributed by atoms with E-state index < -0.39 is 18.5 Å². The maximum absolute atomic E-state index is 11.9. The third-order valence-corrected chi connectivity index (χ3v) is 3.55. The van der Waals surface area contributed by atoms with E-state index in [2.05, 4.69) is 10.3 Å². The van der Waals surface area contributed by atoms with E-state index in [1.165, 1.54) is 12.1 Å². The summed E-state index contributed by atoms with van der Waals surface area (Å²) in [7, 11) is 0. The molecule has 0 atom stereocenters. The van der Waals surface area contributed by atoms with Crippen LogP contribution in [0.3, 0.4) is 0 Å². The van der Waals surface area contributed by atoms with Crippen LogP contribution in [-0.2, 0) is 9.53 Å². The van der Waals surface area contributed by atoms with Gasteiger partial charge in [0.1, 0.15) is 5.15 Å². The van der Waals surface area contributed by atoms with Gasteiger partial charge < -0.3 is 10.1 Å². The predicted molar refractivity (Wildman–Crippen MR) is 89.4 cm³/mol. The van der Waals surface area contributed by atoms with Crippen molar-refractivity contribution in [1.29, 1.82) is 0 Å². The highest BCUT2D eigenvalue weighted by Gasteiger charge is 2.16. The number of nitrogens with one attached hydrogen (secondary N) is 1. The Morgan fingerprint density at radius 3 is 2.61 bits per heavy atom. The molecule has 2 aromatic rings. The highest BCUT2D eigenvalue weighted by molar-refractivity contribution is 6.34. The second kappa shape index (κ2) is 7.64. The number of ether oxygens (including phenoxy) is 1. The second-order valence-electron chi connectivity index (χ2n) is 4.55. The standard InChI is InChI=1S/C15H11Cl3N2O3/c1-8-6-9(16)2-4-11(8)19-13(21)7-23-15(22)14-10(17)3-5-12(18)20-14/h2-6H,7H2,1H3,(H,19,21). The molecule has 0 bridgehead atoms. The Morgan fingerprint density at radius 2 is 1.91 bits per heavy atom. The van der Waals surface area contributed by atoms with E-state index in [0.29, 0.717) is 10.7 Å². The van der Waals surface area contributed by atoms with E-state index in [1.54, 1.807) is 25.1 Å². The van der Waals surface area contributed by atoms with Gasteiger partial charge in [-0.2, -0.15) is 0 Å². The fraction of sp³-hybridized carbons (Fsp3) is 0.133. The van der Waals surface area contributed by atoms with Crippen molar-refractivity contribution >= 4 is 52.4 Å². The molecule has 2 rings (SSSR count). The Morgan fingerprint density at radius 1 is 1.17 bits per heavy atom. The van der Waals surface area contributed by atoms with Crippen LogP contribution >= 0.6 is 34.8 Å². The number of carbonyl (C=O) groups excluding carboxylic acids is 2. The highest BCUT2D eigenvalue weighted by Crippen LogP contribution is 2.20. The van der Waals surface area contributed by atoms with E-state index in [-0.39, 0.29) is 15.9 Å². The van der Waals surface area contributed by atoms with Crippen molar-refractivity contribution in [3.05, 3.63) is 56.8 Å². The van der Waals surface area contributed by atoms with Gasteiger partial charge in [0.15, 0.2) is 12.3 Å². The van der Waals surface area contributed by atoms with Crippen molar-refractivity contribution in [2.45, 2.75) is 6.92 Å². The normalized spacial score (nSPS) is 10.3. The molecule has 23 heavy (non-hydrogen) atoms. The average molecular weight is 374 g/mol. The molecule has 1 aromatic heterocycles. The summed E-state index contributed by atoms with van der Waals surface area (Å²) >= 11 is 17.4. The number of esters is 1. The lowest BCUT2D eigenvalue weighted by atomic mass is 10.2. The number of nitrogens with zero attached hydrogens (tertiary/aromatic N) is 1. The summed E-state index contributed by atoms with van der Waals surface area (Å²) in [6.07, 6.45) is 0. The van der Waals surface area contributed by atoms with Crippen LogP contribution in [0.15, 0.2) is 30.3 Å². The summed E-state index contributed by atoms with van der Waals surface area (Å²) in [5, 5.41) is 3.37. The summed E-state index contributed by atoms with van der Waals surface area (Å²) < 4.78 is 4.88. The van der Waals surface area contributed by atoms with Crippen molar-refractivity contribution in [3.8, 4) is 0 Å². The van der Waals surface area contributed by atoms with Gasteiger partial charge in [-0.05, 0) is 42.8 Å². The Balaban J connectivity index is 1.96. The van der Waals surface area contributed by atoms with Crippen LogP contribution in [0.4, 0.5) is 5.69 Å². The highest BCUT2D eigenvalue weighted by atomic mass is 35.5. The van der Waals surface area contributed by atoms with Crippen molar-refractivity contribution < 1.29 is 14.3 Å². The third-order valence-electron chi connectivity index (χ3n) is 2.80. The van der Waals surface area contributed by atoms with Gasteiger partial charge in [-0.15, -0.1) is 0 Å². The zero-order chi connectivity index (χ0) is 17.0. The molecule has 0 fully saturated rings. The Kier molecular flexibility index (Phi) is 5.82. The molecule has 1 heterocycles. The molecule has 120 valence electrons. The molecule has 0 saturated heterocycles. The number of carbonyl (C=O) groups is 2. The lowest BCUT2D eigenvalue weighted by Crippen LogP contribution is -2.22. The Bertz CT molecular complexity index is 766. The monoisotopic (exact) mass is 372 g/mol. The van der Waals surface area contributed by atoms with E-state index >= 15 is 0 Å². The summed E-state index contributed by atoms with van der Waals surface area (Å²) in [6.45, 7) is 1.31. The smallest absolute Gasteiger partial charge is 0.359 e. The van der Waals surface area contributed by atoms with Crippen molar-refractivity contribution in [2.75, 3.05) is 11.9 Å². The minimum atomic E-state index is -0.833. The Labute approximate surface area is 147 Å². The topological polar surface area (TPSA) is 68.3 Å². The van der Waals surface area contributed by atoms with E-state index in [9.17, 15) is 9.59 Å². The zero-order valence-electron chi connectivity index (χ0n) is 11.9. The largest absolute Gasteiger partial charge is 0.451 e. The molecule has 1 aromatic carbocycles. The molecular formula is C15H11Cl3N2O3. The average Bonchev–Trinajstić information content (AvgIpc) is 2.50. The number of hydrogen-bond donors (Lipinski definition) is 1. The van der Waals surface area contributed by atoms with Crippen LogP contribution in [0.25, 0.3) is 0 Å².